The minimum absolute atomic E-state index is 0.292. The van der Waals surface area contributed by atoms with E-state index in [1.54, 1.807) is 18.5 Å². The second-order valence-corrected chi connectivity index (χ2v) is 5.63. The number of aliphatic carboxylic acids is 1. The summed E-state index contributed by atoms with van der Waals surface area (Å²) in [5.41, 5.74) is 0. The second-order valence-electron chi connectivity index (χ2n) is 4.60. The van der Waals surface area contributed by atoms with Crippen LogP contribution in [0.4, 0.5) is 0 Å². The zero-order valence-electron chi connectivity index (χ0n) is 11.0. The smallest absolute Gasteiger partial charge is 0.326 e. The summed E-state index contributed by atoms with van der Waals surface area (Å²) < 4.78 is 0. The molecule has 1 N–H and O–H groups in total. The Kier molecular flexibility index (Phi) is 3.61. The molecule has 0 unspecified atom stereocenters. The fourth-order valence-electron chi connectivity index (χ4n) is 2.29. The summed E-state index contributed by atoms with van der Waals surface area (Å²) in [7, 11) is 0. The molecule has 0 aromatic carbocycles. The van der Waals surface area contributed by atoms with Crippen LogP contribution in [0.3, 0.4) is 0 Å². The lowest BCUT2D eigenvalue weighted by Gasteiger charge is -2.20. The molecule has 0 radical (unpaired) electrons. The number of aromatic nitrogens is 3. The first-order valence-electron chi connectivity index (χ1n) is 6.44. The van der Waals surface area contributed by atoms with Crippen LogP contribution in [0.15, 0.2) is 24.7 Å². The highest BCUT2D eigenvalue weighted by molar-refractivity contribution is 7.16. The Balaban J connectivity index is 1.83. The van der Waals surface area contributed by atoms with Gasteiger partial charge in [-0.3, -0.25) is 4.79 Å². The van der Waals surface area contributed by atoms with Crippen molar-refractivity contribution in [3.8, 4) is 10.8 Å². The predicted octanol–water partition coefficient (Wildman–Crippen LogP) is 1.29. The van der Waals surface area contributed by atoms with Crippen LogP contribution in [0, 0.1) is 0 Å². The molecular formula is C13H12N4O3S. The fraction of sp³-hybridized carbons (Fsp3) is 0.308. The molecule has 8 heteroatoms. The van der Waals surface area contributed by atoms with Crippen molar-refractivity contribution < 1.29 is 14.7 Å². The molecule has 2 aromatic rings. The van der Waals surface area contributed by atoms with Crippen LogP contribution in [-0.4, -0.2) is 49.4 Å². The summed E-state index contributed by atoms with van der Waals surface area (Å²) in [6.45, 7) is 0.463. The maximum absolute atomic E-state index is 12.4. The molecule has 1 atom stereocenters. The van der Waals surface area contributed by atoms with Crippen LogP contribution in [0.1, 0.15) is 22.5 Å². The molecule has 2 aromatic heterocycles. The number of likely N-dealkylation sites (tertiary alicyclic amines) is 1. The van der Waals surface area contributed by atoms with Gasteiger partial charge in [-0.05, 0) is 18.9 Å². The minimum atomic E-state index is -0.961. The van der Waals surface area contributed by atoms with Gasteiger partial charge in [0.05, 0.1) is 6.20 Å². The molecule has 0 spiro atoms. The third-order valence-corrected chi connectivity index (χ3v) is 4.25. The standard InChI is InChI=1S/C13H12N4O3S/c18-12(17-6-1-3-8(17)13(19)20)9-7-16-11(21-9)10-14-4-2-5-15-10/h2,4-5,7-8H,1,3,6H2,(H,19,20)/t8-/m0/s1. The first-order valence-corrected chi connectivity index (χ1v) is 7.25. The summed E-state index contributed by atoms with van der Waals surface area (Å²) in [6, 6.07) is 0.959. The molecule has 1 aliphatic rings. The van der Waals surface area contributed by atoms with E-state index in [-0.39, 0.29) is 5.91 Å². The summed E-state index contributed by atoms with van der Waals surface area (Å²) in [5, 5.41) is 9.68. The lowest BCUT2D eigenvalue weighted by atomic mass is 10.2. The van der Waals surface area contributed by atoms with Crippen LogP contribution in [0.25, 0.3) is 10.8 Å². The van der Waals surface area contributed by atoms with Crippen molar-refractivity contribution in [3.63, 3.8) is 0 Å². The zero-order chi connectivity index (χ0) is 14.8. The Labute approximate surface area is 124 Å². The van der Waals surface area contributed by atoms with Crippen molar-refractivity contribution in [2.75, 3.05) is 6.54 Å². The second kappa shape index (κ2) is 5.57. The van der Waals surface area contributed by atoms with Gasteiger partial charge in [0, 0.05) is 18.9 Å². The number of hydrogen-bond donors (Lipinski definition) is 1. The highest BCUT2D eigenvalue weighted by Crippen LogP contribution is 2.26. The van der Waals surface area contributed by atoms with E-state index >= 15 is 0 Å². The Morgan fingerprint density at radius 2 is 2.05 bits per heavy atom. The van der Waals surface area contributed by atoms with Gasteiger partial charge >= 0.3 is 5.97 Å². The van der Waals surface area contributed by atoms with Crippen molar-refractivity contribution in [2.45, 2.75) is 18.9 Å². The van der Waals surface area contributed by atoms with Crippen molar-refractivity contribution in [1.29, 1.82) is 0 Å². The van der Waals surface area contributed by atoms with E-state index in [4.69, 9.17) is 5.11 Å². The van der Waals surface area contributed by atoms with E-state index in [0.29, 0.717) is 35.1 Å². The van der Waals surface area contributed by atoms with Crippen LogP contribution >= 0.6 is 11.3 Å². The summed E-state index contributed by atoms with van der Waals surface area (Å²) >= 11 is 1.17. The number of rotatable bonds is 3. The largest absolute Gasteiger partial charge is 0.480 e. The van der Waals surface area contributed by atoms with Crippen molar-refractivity contribution >= 4 is 23.2 Å². The van der Waals surface area contributed by atoms with E-state index in [2.05, 4.69) is 15.0 Å². The van der Waals surface area contributed by atoms with Gasteiger partial charge in [-0.2, -0.15) is 0 Å². The first kappa shape index (κ1) is 13.6. The van der Waals surface area contributed by atoms with Gasteiger partial charge in [-0.25, -0.2) is 19.7 Å². The highest BCUT2D eigenvalue weighted by Gasteiger charge is 2.35. The maximum atomic E-state index is 12.4. The van der Waals surface area contributed by atoms with Gasteiger partial charge in [0.25, 0.3) is 5.91 Å². The number of carbonyl (C=O) groups excluding carboxylic acids is 1. The number of carboxylic acids is 1. The van der Waals surface area contributed by atoms with Gasteiger partial charge in [-0.1, -0.05) is 0 Å². The first-order chi connectivity index (χ1) is 10.2. The molecule has 0 aliphatic carbocycles. The van der Waals surface area contributed by atoms with Crippen LogP contribution < -0.4 is 0 Å². The van der Waals surface area contributed by atoms with E-state index in [1.807, 2.05) is 0 Å². The maximum Gasteiger partial charge on any atom is 0.326 e. The van der Waals surface area contributed by atoms with E-state index in [9.17, 15) is 9.59 Å². The van der Waals surface area contributed by atoms with Gasteiger partial charge < -0.3 is 10.0 Å². The third-order valence-electron chi connectivity index (χ3n) is 3.27. The lowest BCUT2D eigenvalue weighted by Crippen LogP contribution is -2.40. The van der Waals surface area contributed by atoms with Crippen LogP contribution in [-0.2, 0) is 4.79 Å². The minimum Gasteiger partial charge on any atom is -0.480 e. The number of carbonyl (C=O) groups is 2. The topological polar surface area (TPSA) is 96.3 Å². The number of hydrogen-bond acceptors (Lipinski definition) is 6. The molecule has 7 nitrogen and oxygen atoms in total. The molecule has 0 bridgehead atoms. The average Bonchev–Trinajstić information content (AvgIpc) is 3.17. The van der Waals surface area contributed by atoms with E-state index < -0.39 is 12.0 Å². The average molecular weight is 304 g/mol. The van der Waals surface area contributed by atoms with Crippen molar-refractivity contribution in [3.05, 3.63) is 29.5 Å². The number of nitrogens with zero attached hydrogens (tertiary/aromatic N) is 4. The highest BCUT2D eigenvalue weighted by atomic mass is 32.1. The Bertz CT molecular complexity index is 673. The van der Waals surface area contributed by atoms with E-state index in [1.165, 1.54) is 22.4 Å². The van der Waals surface area contributed by atoms with Crippen molar-refractivity contribution in [1.82, 2.24) is 19.9 Å². The zero-order valence-corrected chi connectivity index (χ0v) is 11.8. The fourth-order valence-corrected chi connectivity index (χ4v) is 3.11. The monoisotopic (exact) mass is 304 g/mol. The van der Waals surface area contributed by atoms with Gasteiger partial charge in [0.2, 0.25) is 0 Å². The molecule has 1 amide bonds. The molecule has 21 heavy (non-hydrogen) atoms. The Hall–Kier alpha value is -2.35. The number of thiazole rings is 1. The molecule has 0 saturated carbocycles. The van der Waals surface area contributed by atoms with Crippen LogP contribution in [0.5, 0.6) is 0 Å². The Morgan fingerprint density at radius 3 is 2.76 bits per heavy atom. The van der Waals surface area contributed by atoms with Crippen LogP contribution in [0.2, 0.25) is 0 Å². The summed E-state index contributed by atoms with van der Waals surface area (Å²) in [6.07, 6.45) is 5.86. The molecule has 1 fully saturated rings. The Morgan fingerprint density at radius 1 is 1.29 bits per heavy atom. The SMILES string of the molecule is O=C(O)[C@@H]1CCCN1C(=O)c1cnc(-c2ncccn2)s1. The summed E-state index contributed by atoms with van der Waals surface area (Å²) in [4.78, 5) is 37.7. The predicted molar refractivity (Wildman–Crippen MR) is 74.8 cm³/mol. The van der Waals surface area contributed by atoms with Gasteiger partial charge in [0.1, 0.15) is 10.9 Å². The van der Waals surface area contributed by atoms with Crippen molar-refractivity contribution in [2.24, 2.45) is 0 Å². The van der Waals surface area contributed by atoms with E-state index in [0.717, 1.165) is 0 Å². The molecule has 108 valence electrons. The molecule has 3 rings (SSSR count). The summed E-state index contributed by atoms with van der Waals surface area (Å²) in [5.74, 6) is -0.797. The molecular weight excluding hydrogens is 292 g/mol. The third kappa shape index (κ3) is 2.62. The number of amides is 1. The lowest BCUT2D eigenvalue weighted by molar-refractivity contribution is -0.141. The molecule has 1 aliphatic heterocycles. The van der Waals surface area contributed by atoms with Gasteiger partial charge in [0.15, 0.2) is 10.8 Å². The normalized spacial score (nSPS) is 17.9. The molecule has 3 heterocycles. The number of carboxylic acid groups (broad SMARTS) is 1. The molecule has 1 saturated heterocycles. The quantitative estimate of drug-likeness (QED) is 0.918. The van der Waals surface area contributed by atoms with Gasteiger partial charge in [-0.15, -0.1) is 11.3 Å².